The van der Waals surface area contributed by atoms with Gasteiger partial charge in [0.1, 0.15) is 0 Å². The Kier molecular flexibility index (Phi) is 3.01. The van der Waals surface area contributed by atoms with E-state index < -0.39 is 5.41 Å². The van der Waals surface area contributed by atoms with E-state index in [-0.39, 0.29) is 6.61 Å². The number of nitrogens with zero attached hydrogens (tertiary/aromatic N) is 1. The molecule has 1 aromatic rings. The molecule has 0 aliphatic heterocycles. The third kappa shape index (κ3) is 2.05. The molecule has 0 spiro atoms. The second-order valence-corrected chi connectivity index (χ2v) is 3.64. The van der Waals surface area contributed by atoms with Crippen molar-refractivity contribution in [3.05, 3.63) is 29.6 Å². The second kappa shape index (κ2) is 3.85. The van der Waals surface area contributed by atoms with E-state index in [0.717, 1.165) is 11.3 Å². The Hall–Kier alpha value is -0.930. The van der Waals surface area contributed by atoms with Crippen LogP contribution in [0.3, 0.4) is 0 Å². The topological polar surface area (TPSA) is 59.1 Å². The number of aromatic nitrogens is 1. The average molecular weight is 180 g/mol. The summed E-state index contributed by atoms with van der Waals surface area (Å²) in [4.78, 5) is 4.25. The Morgan fingerprint density at radius 2 is 2.23 bits per heavy atom. The Labute approximate surface area is 78.6 Å². The molecule has 0 fully saturated rings. The van der Waals surface area contributed by atoms with Crippen molar-refractivity contribution in [1.29, 1.82) is 0 Å². The monoisotopic (exact) mass is 180 g/mol. The third-order valence-corrected chi connectivity index (χ3v) is 2.33. The summed E-state index contributed by atoms with van der Waals surface area (Å²) in [6, 6.07) is 3.89. The fourth-order valence-electron chi connectivity index (χ4n) is 1.07. The molecule has 0 aliphatic carbocycles. The van der Waals surface area contributed by atoms with Gasteiger partial charge < -0.3 is 10.8 Å². The highest BCUT2D eigenvalue weighted by atomic mass is 16.3. The lowest BCUT2D eigenvalue weighted by molar-refractivity contribution is 0.207. The summed E-state index contributed by atoms with van der Waals surface area (Å²) < 4.78 is 0. The minimum absolute atomic E-state index is 0.0273. The highest BCUT2D eigenvalue weighted by Gasteiger charge is 2.25. The summed E-state index contributed by atoms with van der Waals surface area (Å²) in [5.74, 6) is 0. The van der Waals surface area contributed by atoms with Crippen molar-refractivity contribution in [2.24, 2.45) is 5.73 Å². The van der Waals surface area contributed by atoms with Gasteiger partial charge in [-0.3, -0.25) is 4.98 Å². The van der Waals surface area contributed by atoms with Gasteiger partial charge in [-0.2, -0.15) is 0 Å². The molecular formula is C10H16N2O. The molecule has 3 N–H and O–H groups in total. The SMILES string of the molecule is Cc1ccc(C(C)(CN)CO)nc1. The number of aryl methyl sites for hydroxylation is 1. The van der Waals surface area contributed by atoms with Crippen LogP contribution < -0.4 is 5.73 Å². The zero-order valence-electron chi connectivity index (χ0n) is 8.12. The fraction of sp³-hybridized carbons (Fsp3) is 0.500. The van der Waals surface area contributed by atoms with Crippen molar-refractivity contribution in [2.75, 3.05) is 13.2 Å². The number of aliphatic hydroxyl groups excluding tert-OH is 1. The summed E-state index contributed by atoms with van der Waals surface area (Å²) >= 11 is 0. The van der Waals surface area contributed by atoms with Crippen LogP contribution in [0.1, 0.15) is 18.2 Å². The predicted molar refractivity (Wildman–Crippen MR) is 52.5 cm³/mol. The van der Waals surface area contributed by atoms with Crippen LogP contribution in [0.25, 0.3) is 0 Å². The van der Waals surface area contributed by atoms with Gasteiger partial charge in [-0.1, -0.05) is 13.0 Å². The van der Waals surface area contributed by atoms with Crippen molar-refractivity contribution in [1.82, 2.24) is 4.98 Å². The lowest BCUT2D eigenvalue weighted by Gasteiger charge is -2.24. The summed E-state index contributed by atoms with van der Waals surface area (Å²) in [7, 11) is 0. The van der Waals surface area contributed by atoms with Crippen molar-refractivity contribution in [3.63, 3.8) is 0 Å². The zero-order chi connectivity index (χ0) is 9.90. The van der Waals surface area contributed by atoms with Gasteiger partial charge in [-0.05, 0) is 18.6 Å². The van der Waals surface area contributed by atoms with E-state index in [1.807, 2.05) is 26.0 Å². The van der Waals surface area contributed by atoms with Gasteiger partial charge in [0, 0.05) is 23.9 Å². The van der Waals surface area contributed by atoms with E-state index in [9.17, 15) is 5.11 Å². The maximum absolute atomic E-state index is 9.19. The molecule has 3 heteroatoms. The largest absolute Gasteiger partial charge is 0.395 e. The molecule has 1 rings (SSSR count). The standard InChI is InChI=1S/C10H16N2O/c1-8-3-4-9(12-5-8)10(2,6-11)7-13/h3-5,13H,6-7,11H2,1-2H3. The average Bonchev–Trinajstić information content (AvgIpc) is 2.18. The Bertz CT molecular complexity index is 265. The highest BCUT2D eigenvalue weighted by molar-refractivity contribution is 5.20. The second-order valence-electron chi connectivity index (χ2n) is 3.64. The molecule has 0 saturated carbocycles. The van der Waals surface area contributed by atoms with E-state index in [1.54, 1.807) is 6.20 Å². The summed E-state index contributed by atoms with van der Waals surface area (Å²) in [5, 5.41) is 9.19. The Morgan fingerprint density at radius 3 is 2.62 bits per heavy atom. The molecule has 0 aromatic carbocycles. The Morgan fingerprint density at radius 1 is 1.54 bits per heavy atom. The molecule has 0 amide bonds. The summed E-state index contributed by atoms with van der Waals surface area (Å²) in [6.07, 6.45) is 1.79. The molecule has 0 radical (unpaired) electrons. The highest BCUT2D eigenvalue weighted by Crippen LogP contribution is 2.19. The maximum atomic E-state index is 9.19. The molecule has 1 atom stereocenters. The molecule has 13 heavy (non-hydrogen) atoms. The van der Waals surface area contributed by atoms with Gasteiger partial charge in [0.2, 0.25) is 0 Å². The van der Waals surface area contributed by atoms with Crippen LogP contribution in [-0.2, 0) is 5.41 Å². The molecule has 0 aliphatic rings. The molecule has 0 bridgehead atoms. The number of aliphatic hydroxyl groups is 1. The van der Waals surface area contributed by atoms with Crippen LogP contribution in [0.4, 0.5) is 0 Å². The number of hydrogen-bond acceptors (Lipinski definition) is 3. The molecule has 0 saturated heterocycles. The zero-order valence-corrected chi connectivity index (χ0v) is 8.12. The van der Waals surface area contributed by atoms with Crippen LogP contribution in [0.5, 0.6) is 0 Å². The fourth-order valence-corrected chi connectivity index (χ4v) is 1.07. The smallest absolute Gasteiger partial charge is 0.0552 e. The predicted octanol–water partition coefficient (Wildman–Crippen LogP) is 0.599. The van der Waals surface area contributed by atoms with Gasteiger partial charge in [0.05, 0.1) is 6.61 Å². The molecule has 1 aromatic heterocycles. The number of nitrogens with two attached hydrogens (primary N) is 1. The van der Waals surface area contributed by atoms with E-state index in [4.69, 9.17) is 5.73 Å². The van der Waals surface area contributed by atoms with E-state index >= 15 is 0 Å². The van der Waals surface area contributed by atoms with Crippen LogP contribution in [0.2, 0.25) is 0 Å². The lowest BCUT2D eigenvalue weighted by Crippen LogP contribution is -2.36. The number of pyridine rings is 1. The molecule has 1 unspecified atom stereocenters. The lowest BCUT2D eigenvalue weighted by atomic mass is 9.87. The van der Waals surface area contributed by atoms with Crippen LogP contribution in [0.15, 0.2) is 18.3 Å². The number of hydrogen-bond donors (Lipinski definition) is 2. The Balaban J connectivity index is 2.99. The van der Waals surface area contributed by atoms with E-state index in [2.05, 4.69) is 4.98 Å². The van der Waals surface area contributed by atoms with Crippen LogP contribution in [0, 0.1) is 6.92 Å². The van der Waals surface area contributed by atoms with Gasteiger partial charge >= 0.3 is 0 Å². The number of rotatable bonds is 3. The molecular weight excluding hydrogens is 164 g/mol. The first kappa shape index (κ1) is 10.2. The quantitative estimate of drug-likeness (QED) is 0.716. The summed E-state index contributed by atoms with van der Waals surface area (Å²) in [5.41, 5.74) is 7.14. The minimum Gasteiger partial charge on any atom is -0.395 e. The minimum atomic E-state index is -0.409. The molecule has 3 nitrogen and oxygen atoms in total. The summed E-state index contributed by atoms with van der Waals surface area (Å²) in [6.45, 7) is 4.32. The third-order valence-electron chi connectivity index (χ3n) is 2.33. The van der Waals surface area contributed by atoms with E-state index in [0.29, 0.717) is 6.54 Å². The first-order valence-corrected chi connectivity index (χ1v) is 4.36. The molecule has 72 valence electrons. The van der Waals surface area contributed by atoms with Gasteiger partial charge in [-0.15, -0.1) is 0 Å². The van der Waals surface area contributed by atoms with E-state index in [1.165, 1.54) is 0 Å². The first-order chi connectivity index (χ1) is 6.12. The van der Waals surface area contributed by atoms with Crippen LogP contribution in [-0.4, -0.2) is 23.2 Å². The first-order valence-electron chi connectivity index (χ1n) is 4.36. The van der Waals surface area contributed by atoms with Gasteiger partial charge in [0.25, 0.3) is 0 Å². The van der Waals surface area contributed by atoms with Gasteiger partial charge in [-0.25, -0.2) is 0 Å². The maximum Gasteiger partial charge on any atom is 0.0552 e. The molecule has 1 heterocycles. The van der Waals surface area contributed by atoms with Gasteiger partial charge in [0.15, 0.2) is 0 Å². The van der Waals surface area contributed by atoms with Crippen LogP contribution >= 0.6 is 0 Å². The van der Waals surface area contributed by atoms with Crippen molar-refractivity contribution in [3.8, 4) is 0 Å². The van der Waals surface area contributed by atoms with Crippen molar-refractivity contribution < 1.29 is 5.11 Å². The van der Waals surface area contributed by atoms with Crippen molar-refractivity contribution in [2.45, 2.75) is 19.3 Å². The normalized spacial score (nSPS) is 15.4. The van der Waals surface area contributed by atoms with Crippen molar-refractivity contribution >= 4 is 0 Å².